The molecule has 1 amide bonds. The normalized spacial score (nSPS) is 12.2. The van der Waals surface area contributed by atoms with Crippen molar-refractivity contribution in [3.63, 3.8) is 0 Å². The third kappa shape index (κ3) is 5.04. The lowest BCUT2D eigenvalue weighted by Gasteiger charge is -2.16. The first-order chi connectivity index (χ1) is 15.9. The Labute approximate surface area is 194 Å². The second-order valence-corrected chi connectivity index (χ2v) is 7.43. The van der Waals surface area contributed by atoms with Gasteiger partial charge in [0.25, 0.3) is 0 Å². The summed E-state index contributed by atoms with van der Waals surface area (Å²) >= 11 is 6.30. The standard InChI is InChI=1S/C21H22ClN7O4/c1-31-17-4-3-11(33-20(24)30)7-14(17)26-19-12(22)10-25-21(28-19)27-15-8-13(23)16(29-5-6-29)9-18(15)32-2/h3-4,7-10H,5-6,23H2,1-2H3,(H2,24,30)(H2,25,26,27,28). The van der Waals surface area contributed by atoms with Gasteiger partial charge in [0.15, 0.2) is 5.82 Å². The Hall–Kier alpha value is -4.12. The van der Waals surface area contributed by atoms with Gasteiger partial charge in [-0.1, -0.05) is 11.6 Å². The van der Waals surface area contributed by atoms with Crippen molar-refractivity contribution in [3.8, 4) is 17.2 Å². The predicted molar refractivity (Wildman–Crippen MR) is 126 cm³/mol. The summed E-state index contributed by atoms with van der Waals surface area (Å²) in [5.74, 6) is 1.83. The molecule has 2 aromatic carbocycles. The number of nitrogen functional groups attached to an aromatic ring is 1. The van der Waals surface area contributed by atoms with E-state index in [2.05, 4.69) is 25.5 Å². The van der Waals surface area contributed by atoms with E-state index in [9.17, 15) is 4.79 Å². The van der Waals surface area contributed by atoms with Crippen LogP contribution in [0.15, 0.2) is 36.5 Å². The van der Waals surface area contributed by atoms with E-state index in [0.29, 0.717) is 28.6 Å². The lowest BCUT2D eigenvalue weighted by atomic mass is 10.2. The van der Waals surface area contributed by atoms with E-state index in [1.807, 2.05) is 6.07 Å². The largest absolute Gasteiger partial charge is 0.495 e. The van der Waals surface area contributed by atoms with Gasteiger partial charge >= 0.3 is 6.09 Å². The van der Waals surface area contributed by atoms with Gasteiger partial charge < -0.3 is 41.2 Å². The van der Waals surface area contributed by atoms with Crippen LogP contribution in [0.2, 0.25) is 5.02 Å². The second-order valence-electron chi connectivity index (χ2n) is 7.02. The molecule has 11 nitrogen and oxygen atoms in total. The number of halogens is 1. The van der Waals surface area contributed by atoms with Crippen LogP contribution in [0.4, 0.5) is 39.3 Å². The smallest absolute Gasteiger partial charge is 0.409 e. The zero-order valence-electron chi connectivity index (χ0n) is 17.9. The van der Waals surface area contributed by atoms with Crippen molar-refractivity contribution in [2.75, 3.05) is 48.6 Å². The Morgan fingerprint density at radius 3 is 2.48 bits per heavy atom. The number of carbonyl (C=O) groups is 1. The van der Waals surface area contributed by atoms with E-state index in [-0.39, 0.29) is 22.5 Å². The molecule has 12 heteroatoms. The number of primary amides is 1. The molecule has 0 saturated carbocycles. The minimum Gasteiger partial charge on any atom is -0.495 e. The summed E-state index contributed by atoms with van der Waals surface area (Å²) in [5, 5.41) is 6.43. The van der Waals surface area contributed by atoms with Gasteiger partial charge in [0.05, 0.1) is 43.2 Å². The Balaban J connectivity index is 1.62. The van der Waals surface area contributed by atoms with Gasteiger partial charge in [-0.25, -0.2) is 9.78 Å². The zero-order valence-corrected chi connectivity index (χ0v) is 18.6. The molecular weight excluding hydrogens is 450 g/mol. The number of nitrogens with one attached hydrogen (secondary N) is 2. The molecule has 0 unspecified atom stereocenters. The van der Waals surface area contributed by atoms with E-state index in [0.717, 1.165) is 18.8 Å². The van der Waals surface area contributed by atoms with Crippen LogP contribution in [0.3, 0.4) is 0 Å². The van der Waals surface area contributed by atoms with Crippen molar-refractivity contribution in [2.45, 2.75) is 0 Å². The highest BCUT2D eigenvalue weighted by atomic mass is 35.5. The summed E-state index contributed by atoms with van der Waals surface area (Å²) in [5.41, 5.74) is 13.9. The van der Waals surface area contributed by atoms with E-state index in [1.165, 1.54) is 19.4 Å². The van der Waals surface area contributed by atoms with Gasteiger partial charge in [0.2, 0.25) is 5.95 Å². The van der Waals surface area contributed by atoms with Crippen LogP contribution >= 0.6 is 11.6 Å². The van der Waals surface area contributed by atoms with Crippen LogP contribution < -0.4 is 41.2 Å². The first kappa shape index (κ1) is 22.1. The maximum Gasteiger partial charge on any atom is 0.409 e. The van der Waals surface area contributed by atoms with Crippen LogP contribution in [-0.2, 0) is 0 Å². The van der Waals surface area contributed by atoms with E-state index < -0.39 is 6.09 Å². The van der Waals surface area contributed by atoms with Gasteiger partial charge in [0, 0.05) is 25.2 Å². The molecule has 172 valence electrons. The van der Waals surface area contributed by atoms with E-state index in [4.69, 9.17) is 37.3 Å². The number of anilines is 6. The van der Waals surface area contributed by atoms with Crippen LogP contribution in [0.25, 0.3) is 0 Å². The predicted octanol–water partition coefficient (Wildman–Crippen LogP) is 3.49. The number of benzene rings is 2. The zero-order chi connectivity index (χ0) is 23.5. The lowest BCUT2D eigenvalue weighted by Crippen LogP contribution is -2.16. The highest BCUT2D eigenvalue weighted by molar-refractivity contribution is 6.33. The van der Waals surface area contributed by atoms with Gasteiger partial charge in [-0.3, -0.25) is 0 Å². The van der Waals surface area contributed by atoms with E-state index >= 15 is 0 Å². The highest BCUT2D eigenvalue weighted by Crippen LogP contribution is 2.39. The summed E-state index contributed by atoms with van der Waals surface area (Å²) < 4.78 is 15.8. The van der Waals surface area contributed by atoms with Crippen LogP contribution in [0.1, 0.15) is 0 Å². The maximum absolute atomic E-state index is 11.1. The third-order valence-corrected chi connectivity index (χ3v) is 5.05. The summed E-state index contributed by atoms with van der Waals surface area (Å²) in [7, 11) is 3.08. The second kappa shape index (κ2) is 9.17. The number of hydrogen-bond acceptors (Lipinski definition) is 10. The first-order valence-corrected chi connectivity index (χ1v) is 10.2. The molecule has 0 bridgehead atoms. The Morgan fingerprint density at radius 2 is 1.82 bits per heavy atom. The number of nitrogens with zero attached hydrogens (tertiary/aromatic N) is 3. The minimum absolute atomic E-state index is 0.223. The molecule has 0 atom stereocenters. The average molecular weight is 472 g/mol. The SMILES string of the molecule is COc1cc(N2CC2)c(N)cc1Nc1ncc(Cl)c(Nc2cc(OC(N)=O)ccc2OC)n1. The topological polar surface area (TPSA) is 150 Å². The molecule has 6 N–H and O–H groups in total. The highest BCUT2D eigenvalue weighted by Gasteiger charge is 2.22. The summed E-state index contributed by atoms with van der Waals surface area (Å²) in [6.45, 7) is 1.93. The molecule has 1 aliphatic heterocycles. The molecule has 2 heterocycles. The molecule has 0 aliphatic carbocycles. The number of amides is 1. The number of aromatic nitrogens is 2. The van der Waals surface area contributed by atoms with Crippen molar-refractivity contribution < 1.29 is 19.0 Å². The van der Waals surface area contributed by atoms with Crippen LogP contribution in [0.5, 0.6) is 17.2 Å². The molecule has 0 spiro atoms. The number of carbonyl (C=O) groups excluding carboxylic acids is 1. The van der Waals surface area contributed by atoms with E-state index in [1.54, 1.807) is 25.3 Å². The average Bonchev–Trinajstić information content (AvgIpc) is 3.61. The fraction of sp³-hybridized carbons (Fsp3) is 0.190. The molecule has 1 aromatic heterocycles. The van der Waals surface area contributed by atoms with Gasteiger partial charge in [-0.2, -0.15) is 4.98 Å². The summed E-state index contributed by atoms with van der Waals surface area (Å²) in [6.07, 6.45) is 0.505. The summed E-state index contributed by atoms with van der Waals surface area (Å²) in [4.78, 5) is 21.9. The number of rotatable bonds is 8. The third-order valence-electron chi connectivity index (χ3n) is 4.77. The minimum atomic E-state index is -0.935. The van der Waals surface area contributed by atoms with Crippen LogP contribution in [-0.4, -0.2) is 43.4 Å². The first-order valence-electron chi connectivity index (χ1n) is 9.82. The number of ether oxygens (including phenoxy) is 3. The van der Waals surface area contributed by atoms with Crippen molar-refractivity contribution in [3.05, 3.63) is 41.6 Å². The quantitative estimate of drug-likeness (QED) is 0.284. The molecule has 1 fully saturated rings. The molecule has 4 rings (SSSR count). The number of nitrogens with two attached hydrogens (primary N) is 2. The van der Waals surface area contributed by atoms with Crippen molar-refractivity contribution in [1.29, 1.82) is 0 Å². The van der Waals surface area contributed by atoms with Crippen LogP contribution in [0, 0.1) is 0 Å². The van der Waals surface area contributed by atoms with Crippen molar-refractivity contribution >= 4 is 52.2 Å². The molecule has 33 heavy (non-hydrogen) atoms. The fourth-order valence-corrected chi connectivity index (χ4v) is 3.28. The summed E-state index contributed by atoms with van der Waals surface area (Å²) in [6, 6.07) is 8.33. The number of hydrogen-bond donors (Lipinski definition) is 4. The molecule has 3 aromatic rings. The molecule has 0 radical (unpaired) electrons. The Bertz CT molecular complexity index is 1200. The van der Waals surface area contributed by atoms with Gasteiger partial charge in [-0.05, 0) is 18.2 Å². The maximum atomic E-state index is 11.1. The molecule has 1 aliphatic rings. The lowest BCUT2D eigenvalue weighted by molar-refractivity contribution is 0.211. The fourth-order valence-electron chi connectivity index (χ4n) is 3.14. The molecular formula is C21H22ClN7O4. The van der Waals surface area contributed by atoms with Crippen molar-refractivity contribution in [2.24, 2.45) is 5.73 Å². The van der Waals surface area contributed by atoms with Crippen molar-refractivity contribution in [1.82, 2.24) is 9.97 Å². The number of methoxy groups -OCH3 is 2. The molecule has 1 saturated heterocycles. The van der Waals surface area contributed by atoms with Gasteiger partial charge in [0.1, 0.15) is 22.3 Å². The Kier molecular flexibility index (Phi) is 6.13. The Morgan fingerprint density at radius 1 is 1.09 bits per heavy atom. The monoisotopic (exact) mass is 471 g/mol. The van der Waals surface area contributed by atoms with Gasteiger partial charge in [-0.15, -0.1) is 0 Å².